The molecule has 3 rings (SSSR count). The molecule has 10 heteroatoms. The maximum atomic E-state index is 12.5. The molecule has 26 heavy (non-hydrogen) atoms. The smallest absolute Gasteiger partial charge is 0.320 e. The van der Waals surface area contributed by atoms with Gasteiger partial charge in [-0.05, 0) is 29.0 Å². The molecule has 138 valence electrons. The highest BCUT2D eigenvalue weighted by Gasteiger charge is 2.29. The number of nitrogens with zero attached hydrogens (tertiary/aromatic N) is 5. The highest BCUT2D eigenvalue weighted by atomic mass is 32.2. The van der Waals surface area contributed by atoms with E-state index in [1.165, 1.54) is 30.6 Å². The van der Waals surface area contributed by atoms with Crippen molar-refractivity contribution in [1.82, 2.24) is 25.1 Å². The van der Waals surface area contributed by atoms with Gasteiger partial charge in [0.05, 0.1) is 18.6 Å². The number of hydrogen-bond acceptors (Lipinski definition) is 8. The second kappa shape index (κ2) is 8.54. The summed E-state index contributed by atoms with van der Waals surface area (Å²) >= 11 is 2.81. The van der Waals surface area contributed by atoms with Crippen LogP contribution < -0.4 is 0 Å². The van der Waals surface area contributed by atoms with Gasteiger partial charge < -0.3 is 9.64 Å². The first-order valence-electron chi connectivity index (χ1n) is 8.04. The monoisotopic (exact) mass is 393 g/mol. The highest BCUT2D eigenvalue weighted by Crippen LogP contribution is 2.23. The van der Waals surface area contributed by atoms with Crippen LogP contribution in [0.2, 0.25) is 0 Å². The van der Waals surface area contributed by atoms with Crippen molar-refractivity contribution in [1.29, 1.82) is 0 Å². The van der Waals surface area contributed by atoms with E-state index in [-0.39, 0.29) is 22.9 Å². The third kappa shape index (κ3) is 4.18. The molecule has 1 atom stereocenters. The van der Waals surface area contributed by atoms with Crippen LogP contribution in [0.3, 0.4) is 0 Å². The van der Waals surface area contributed by atoms with E-state index in [9.17, 15) is 9.59 Å². The number of aromatic nitrogens is 4. The molecule has 8 nitrogen and oxygen atoms in total. The lowest BCUT2D eigenvalue weighted by Gasteiger charge is -2.30. The fraction of sp³-hybridized carbons (Fsp3) is 0.438. The lowest BCUT2D eigenvalue weighted by atomic mass is 10.2. The normalized spacial score (nSPS) is 17.2. The summed E-state index contributed by atoms with van der Waals surface area (Å²) in [6, 6.07) is 7.78. The number of ether oxygens (including phenoxy) is 1. The molecule has 0 saturated carbocycles. The van der Waals surface area contributed by atoms with E-state index in [0.29, 0.717) is 18.2 Å². The standard InChI is InChI=1S/C16H19N5O3S2/c1-11-5-3-4-6-12(11)21-16(17-18-19-21)26-10-14(22)20-7-8-25-13(9-20)15(23)24-2/h3-6,13H,7-10H2,1-2H3/t13-/m0/s1. The number of thioether (sulfide) groups is 2. The quantitative estimate of drug-likeness (QED) is 0.553. The molecule has 2 heterocycles. The van der Waals surface area contributed by atoms with Gasteiger partial charge in [-0.25, -0.2) is 0 Å². The Morgan fingerprint density at radius 3 is 2.96 bits per heavy atom. The fourth-order valence-electron chi connectivity index (χ4n) is 2.59. The molecule has 1 fully saturated rings. The van der Waals surface area contributed by atoms with Gasteiger partial charge in [0.1, 0.15) is 5.25 Å². The van der Waals surface area contributed by atoms with Crippen molar-refractivity contribution >= 4 is 35.4 Å². The van der Waals surface area contributed by atoms with E-state index < -0.39 is 0 Å². The number of rotatable bonds is 5. The van der Waals surface area contributed by atoms with Crippen molar-refractivity contribution in [2.24, 2.45) is 0 Å². The van der Waals surface area contributed by atoms with Crippen molar-refractivity contribution in [2.45, 2.75) is 17.3 Å². The Morgan fingerprint density at radius 2 is 2.19 bits per heavy atom. The number of benzene rings is 1. The van der Waals surface area contributed by atoms with Gasteiger partial charge in [0.15, 0.2) is 0 Å². The Kier molecular flexibility index (Phi) is 6.15. The Balaban J connectivity index is 1.63. The van der Waals surface area contributed by atoms with Gasteiger partial charge in [0.25, 0.3) is 0 Å². The van der Waals surface area contributed by atoms with E-state index in [1.807, 2.05) is 31.2 Å². The highest BCUT2D eigenvalue weighted by molar-refractivity contribution is 8.00. The molecule has 0 N–H and O–H groups in total. The molecule has 1 amide bonds. The van der Waals surface area contributed by atoms with Gasteiger partial charge >= 0.3 is 5.97 Å². The summed E-state index contributed by atoms with van der Waals surface area (Å²) in [6.45, 7) is 2.98. The zero-order chi connectivity index (χ0) is 18.5. The predicted molar refractivity (Wildman–Crippen MR) is 99.5 cm³/mol. The summed E-state index contributed by atoms with van der Waals surface area (Å²) in [5, 5.41) is 12.0. The van der Waals surface area contributed by atoms with E-state index in [0.717, 1.165) is 17.0 Å². The molecule has 0 aliphatic carbocycles. The van der Waals surface area contributed by atoms with E-state index in [2.05, 4.69) is 15.5 Å². The Morgan fingerprint density at radius 1 is 1.38 bits per heavy atom. The number of para-hydroxylation sites is 1. The number of tetrazole rings is 1. The Hall–Kier alpha value is -2.07. The zero-order valence-corrected chi connectivity index (χ0v) is 16.1. The molecule has 1 aromatic heterocycles. The molecule has 1 aliphatic heterocycles. The Bertz CT molecular complexity index is 798. The first kappa shape index (κ1) is 18.7. The SMILES string of the molecule is COC(=O)[C@@H]1CN(C(=O)CSc2nnnn2-c2ccccc2C)CCS1. The first-order chi connectivity index (χ1) is 12.6. The molecule has 1 aromatic carbocycles. The number of amides is 1. The lowest BCUT2D eigenvalue weighted by Crippen LogP contribution is -2.45. The van der Waals surface area contributed by atoms with Crippen molar-refractivity contribution in [2.75, 3.05) is 31.7 Å². The number of carbonyl (C=O) groups is 2. The van der Waals surface area contributed by atoms with Crippen LogP contribution in [0.5, 0.6) is 0 Å². The number of hydrogen-bond donors (Lipinski definition) is 0. The van der Waals surface area contributed by atoms with Crippen LogP contribution in [-0.4, -0.2) is 73.9 Å². The molecule has 0 spiro atoms. The largest absolute Gasteiger partial charge is 0.468 e. The van der Waals surface area contributed by atoms with Crippen LogP contribution in [0.1, 0.15) is 5.56 Å². The summed E-state index contributed by atoms with van der Waals surface area (Å²) in [5.41, 5.74) is 1.93. The second-order valence-electron chi connectivity index (χ2n) is 5.67. The Labute approximate surface area is 159 Å². The maximum Gasteiger partial charge on any atom is 0.320 e. The third-order valence-corrected chi connectivity index (χ3v) is 6.06. The number of aryl methyl sites for hydroxylation is 1. The third-order valence-electron chi connectivity index (χ3n) is 3.99. The van der Waals surface area contributed by atoms with E-state index in [1.54, 1.807) is 9.58 Å². The number of methoxy groups -OCH3 is 1. The van der Waals surface area contributed by atoms with Gasteiger partial charge in [0.2, 0.25) is 11.1 Å². The average molecular weight is 393 g/mol. The summed E-state index contributed by atoms with van der Waals surface area (Å²) in [5.74, 6) is 0.606. The van der Waals surface area contributed by atoms with Crippen molar-refractivity contribution in [3.63, 3.8) is 0 Å². The molecular weight excluding hydrogens is 374 g/mol. The van der Waals surface area contributed by atoms with Gasteiger partial charge in [-0.3, -0.25) is 9.59 Å². The summed E-state index contributed by atoms with van der Waals surface area (Å²) in [6.07, 6.45) is 0. The second-order valence-corrected chi connectivity index (χ2v) is 7.92. The van der Waals surface area contributed by atoms with Gasteiger partial charge in [0, 0.05) is 18.8 Å². The molecule has 0 unspecified atom stereocenters. The summed E-state index contributed by atoms with van der Waals surface area (Å²) < 4.78 is 6.42. The lowest BCUT2D eigenvalue weighted by molar-refractivity contribution is -0.141. The minimum atomic E-state index is -0.319. The molecule has 1 saturated heterocycles. The van der Waals surface area contributed by atoms with Crippen molar-refractivity contribution < 1.29 is 14.3 Å². The van der Waals surface area contributed by atoms with Crippen LogP contribution in [0.4, 0.5) is 0 Å². The molecule has 2 aromatic rings. The van der Waals surface area contributed by atoms with Crippen LogP contribution in [0, 0.1) is 6.92 Å². The van der Waals surface area contributed by atoms with Crippen molar-refractivity contribution in [3.05, 3.63) is 29.8 Å². The average Bonchev–Trinajstić information content (AvgIpc) is 3.14. The maximum absolute atomic E-state index is 12.5. The minimum Gasteiger partial charge on any atom is -0.468 e. The number of carbonyl (C=O) groups excluding carboxylic acids is 2. The van der Waals surface area contributed by atoms with Crippen LogP contribution in [0.25, 0.3) is 5.69 Å². The van der Waals surface area contributed by atoms with Crippen LogP contribution >= 0.6 is 23.5 Å². The van der Waals surface area contributed by atoms with E-state index in [4.69, 9.17) is 4.74 Å². The first-order valence-corrected chi connectivity index (χ1v) is 10.1. The summed E-state index contributed by atoms with van der Waals surface area (Å²) in [4.78, 5) is 25.9. The zero-order valence-electron chi connectivity index (χ0n) is 14.5. The van der Waals surface area contributed by atoms with Crippen LogP contribution in [0.15, 0.2) is 29.4 Å². The van der Waals surface area contributed by atoms with Crippen molar-refractivity contribution in [3.8, 4) is 5.69 Å². The van der Waals surface area contributed by atoms with Gasteiger partial charge in [-0.2, -0.15) is 4.68 Å². The fourth-order valence-corrected chi connectivity index (χ4v) is 4.50. The molecule has 0 bridgehead atoms. The minimum absolute atomic E-state index is 0.0384. The molecule has 1 aliphatic rings. The predicted octanol–water partition coefficient (Wildman–Crippen LogP) is 1.18. The van der Waals surface area contributed by atoms with Gasteiger partial charge in [-0.15, -0.1) is 16.9 Å². The molecule has 0 radical (unpaired) electrons. The summed E-state index contributed by atoms with van der Waals surface area (Å²) in [7, 11) is 1.37. The topological polar surface area (TPSA) is 90.2 Å². The molecular formula is C16H19N5O3S2. The van der Waals surface area contributed by atoms with Crippen LogP contribution in [-0.2, 0) is 14.3 Å². The van der Waals surface area contributed by atoms with E-state index >= 15 is 0 Å². The van der Waals surface area contributed by atoms with Gasteiger partial charge in [-0.1, -0.05) is 30.0 Å². The number of esters is 1.